The van der Waals surface area contributed by atoms with Gasteiger partial charge in [0.05, 0.1) is 35.4 Å². The van der Waals surface area contributed by atoms with Crippen LogP contribution in [0.2, 0.25) is 0 Å². The van der Waals surface area contributed by atoms with Gasteiger partial charge >= 0.3 is 0 Å². The highest BCUT2D eigenvalue weighted by molar-refractivity contribution is 5.67. The van der Waals surface area contributed by atoms with E-state index in [4.69, 9.17) is 5.26 Å². The van der Waals surface area contributed by atoms with E-state index in [0.29, 0.717) is 11.6 Å². The lowest BCUT2D eigenvalue weighted by molar-refractivity contribution is -0.0222. The average Bonchev–Trinajstić information content (AvgIpc) is 3.32. The molecule has 0 amide bonds. The van der Waals surface area contributed by atoms with Gasteiger partial charge in [0.1, 0.15) is 6.23 Å². The molecule has 4 aromatic rings. The Balaban J connectivity index is 1.36. The second-order valence-corrected chi connectivity index (χ2v) is 9.06. The van der Waals surface area contributed by atoms with Gasteiger partial charge in [0.25, 0.3) is 0 Å². The van der Waals surface area contributed by atoms with Crippen molar-refractivity contribution in [2.45, 2.75) is 25.1 Å². The molecular formula is C27H28N6O. The second kappa shape index (κ2) is 9.35. The van der Waals surface area contributed by atoms with Gasteiger partial charge in [-0.3, -0.25) is 14.3 Å². The van der Waals surface area contributed by atoms with Crippen LogP contribution in [0.5, 0.6) is 0 Å². The molecule has 1 N–H and O–H groups in total. The molecule has 7 nitrogen and oxygen atoms in total. The number of hydrogen-bond donors (Lipinski definition) is 1. The normalized spacial score (nSPS) is 16.1. The van der Waals surface area contributed by atoms with Crippen molar-refractivity contribution >= 4 is 5.65 Å². The van der Waals surface area contributed by atoms with Gasteiger partial charge in [-0.25, -0.2) is 4.98 Å². The minimum atomic E-state index is -0.593. The topological polar surface area (TPSA) is 80.7 Å². The Bertz CT molecular complexity index is 1310. The monoisotopic (exact) mass is 452 g/mol. The van der Waals surface area contributed by atoms with Crippen LogP contribution in [0.15, 0.2) is 67.1 Å². The van der Waals surface area contributed by atoms with Crippen LogP contribution >= 0.6 is 0 Å². The van der Waals surface area contributed by atoms with E-state index >= 15 is 0 Å². The Hall–Kier alpha value is -3.57. The lowest BCUT2D eigenvalue weighted by Gasteiger charge is -2.37. The number of likely N-dealkylation sites (tertiary alicyclic amines) is 1. The summed E-state index contributed by atoms with van der Waals surface area (Å²) in [6.07, 6.45) is 7.11. The van der Waals surface area contributed by atoms with Crippen LogP contribution in [-0.2, 0) is 0 Å². The summed E-state index contributed by atoms with van der Waals surface area (Å²) < 4.78 is 2.02. The van der Waals surface area contributed by atoms with E-state index in [1.54, 1.807) is 6.20 Å². The summed E-state index contributed by atoms with van der Waals surface area (Å²) >= 11 is 0. The van der Waals surface area contributed by atoms with Crippen molar-refractivity contribution in [1.82, 2.24) is 24.2 Å². The van der Waals surface area contributed by atoms with E-state index in [1.165, 1.54) is 0 Å². The molecule has 1 fully saturated rings. The predicted molar refractivity (Wildman–Crippen MR) is 132 cm³/mol. The van der Waals surface area contributed by atoms with E-state index < -0.39 is 6.23 Å². The maximum Gasteiger partial charge on any atom is 0.155 e. The molecule has 0 aliphatic carbocycles. The molecule has 5 rings (SSSR count). The Morgan fingerprint density at radius 2 is 1.65 bits per heavy atom. The SMILES string of the molecule is CN(C)C1CCN(C(O)c2ccc(-c3cn4c(-c5ccc(C#N)cc5)cnc4cn3)cc2)CC1. The largest absolute Gasteiger partial charge is 0.374 e. The van der Waals surface area contributed by atoms with Crippen LogP contribution in [-0.4, -0.2) is 62.5 Å². The number of nitriles is 1. The summed E-state index contributed by atoms with van der Waals surface area (Å²) in [5.74, 6) is 0. The number of aliphatic hydroxyl groups is 1. The van der Waals surface area contributed by atoms with E-state index in [0.717, 1.165) is 59.7 Å². The molecule has 0 saturated carbocycles. The summed E-state index contributed by atoms with van der Waals surface area (Å²) in [4.78, 5) is 13.5. The molecule has 1 aliphatic rings. The number of rotatable bonds is 5. The summed E-state index contributed by atoms with van der Waals surface area (Å²) in [7, 11) is 4.25. The number of aliphatic hydroxyl groups excluding tert-OH is 1. The maximum absolute atomic E-state index is 10.9. The highest BCUT2D eigenvalue weighted by Gasteiger charge is 2.25. The Morgan fingerprint density at radius 3 is 2.29 bits per heavy atom. The lowest BCUT2D eigenvalue weighted by Crippen LogP contribution is -2.43. The fourth-order valence-corrected chi connectivity index (χ4v) is 4.65. The minimum Gasteiger partial charge on any atom is -0.374 e. The second-order valence-electron chi connectivity index (χ2n) is 9.06. The molecule has 0 spiro atoms. The predicted octanol–water partition coefficient (Wildman–Crippen LogP) is 3.95. The quantitative estimate of drug-likeness (QED) is 0.494. The van der Waals surface area contributed by atoms with Crippen LogP contribution in [0, 0.1) is 11.3 Å². The fraction of sp³-hybridized carbons (Fsp3) is 0.296. The Kier molecular flexibility index (Phi) is 6.12. The van der Waals surface area contributed by atoms with Crippen LogP contribution in [0.4, 0.5) is 0 Å². The maximum atomic E-state index is 10.9. The molecule has 2 aromatic carbocycles. The van der Waals surface area contributed by atoms with Crippen LogP contribution in [0.25, 0.3) is 28.2 Å². The number of piperidine rings is 1. The Labute approximate surface area is 199 Å². The first-order chi connectivity index (χ1) is 16.5. The molecule has 1 saturated heterocycles. The number of nitrogens with zero attached hydrogens (tertiary/aromatic N) is 6. The van der Waals surface area contributed by atoms with Crippen LogP contribution in [0.3, 0.4) is 0 Å². The highest BCUT2D eigenvalue weighted by Crippen LogP contribution is 2.27. The first-order valence-electron chi connectivity index (χ1n) is 11.6. The van der Waals surface area contributed by atoms with Crippen molar-refractivity contribution in [3.63, 3.8) is 0 Å². The zero-order valence-corrected chi connectivity index (χ0v) is 19.5. The zero-order valence-electron chi connectivity index (χ0n) is 19.5. The number of imidazole rings is 1. The molecule has 172 valence electrons. The molecular weight excluding hydrogens is 424 g/mol. The lowest BCUT2D eigenvalue weighted by atomic mass is 10.0. The molecule has 0 radical (unpaired) electrons. The molecule has 2 aromatic heterocycles. The van der Waals surface area contributed by atoms with Gasteiger partial charge in [-0.15, -0.1) is 0 Å². The van der Waals surface area contributed by atoms with Gasteiger partial charge < -0.3 is 10.0 Å². The smallest absolute Gasteiger partial charge is 0.155 e. The van der Waals surface area contributed by atoms with E-state index in [2.05, 4.69) is 39.9 Å². The third kappa shape index (κ3) is 4.31. The minimum absolute atomic E-state index is 0.587. The van der Waals surface area contributed by atoms with Crippen LogP contribution in [0.1, 0.15) is 30.2 Å². The standard InChI is InChI=1S/C27H28N6O/c1-31(2)23-11-13-32(14-12-23)27(34)22-9-7-20(8-10-22)24-18-33-25(16-30-26(33)17-29-24)21-5-3-19(15-28)4-6-21/h3-10,16-18,23,27,34H,11-14H2,1-2H3. The van der Waals surface area contributed by atoms with Crippen molar-refractivity contribution in [1.29, 1.82) is 5.26 Å². The molecule has 1 atom stereocenters. The van der Waals surface area contributed by atoms with Crippen molar-refractivity contribution in [2.24, 2.45) is 0 Å². The molecule has 0 bridgehead atoms. The third-order valence-corrected chi connectivity index (χ3v) is 6.79. The van der Waals surface area contributed by atoms with Crippen LogP contribution < -0.4 is 0 Å². The summed E-state index contributed by atoms with van der Waals surface area (Å²) in [6.45, 7) is 1.78. The summed E-state index contributed by atoms with van der Waals surface area (Å²) in [5.41, 5.74) is 6.02. The van der Waals surface area contributed by atoms with Gasteiger partial charge in [-0.1, -0.05) is 36.4 Å². The summed E-state index contributed by atoms with van der Waals surface area (Å²) in [5, 5.41) is 20.0. The molecule has 34 heavy (non-hydrogen) atoms. The Morgan fingerprint density at radius 1 is 0.971 bits per heavy atom. The zero-order chi connectivity index (χ0) is 23.7. The van der Waals surface area contributed by atoms with Crippen molar-refractivity contribution in [3.8, 4) is 28.6 Å². The van der Waals surface area contributed by atoms with Gasteiger partial charge in [0.2, 0.25) is 0 Å². The van der Waals surface area contributed by atoms with Crippen molar-refractivity contribution in [2.75, 3.05) is 27.2 Å². The van der Waals surface area contributed by atoms with Gasteiger partial charge in [-0.05, 0) is 44.6 Å². The average molecular weight is 453 g/mol. The fourth-order valence-electron chi connectivity index (χ4n) is 4.65. The van der Waals surface area contributed by atoms with Crippen molar-refractivity contribution in [3.05, 3.63) is 78.2 Å². The van der Waals surface area contributed by atoms with Gasteiger partial charge in [0, 0.05) is 36.5 Å². The number of benzene rings is 2. The first-order valence-corrected chi connectivity index (χ1v) is 11.6. The summed E-state index contributed by atoms with van der Waals surface area (Å²) in [6, 6.07) is 18.2. The molecule has 1 aliphatic heterocycles. The van der Waals surface area contributed by atoms with E-state index in [9.17, 15) is 5.11 Å². The highest BCUT2D eigenvalue weighted by atomic mass is 16.3. The molecule has 7 heteroatoms. The van der Waals surface area contributed by atoms with Crippen molar-refractivity contribution < 1.29 is 5.11 Å². The van der Waals surface area contributed by atoms with E-state index in [1.807, 2.05) is 65.3 Å². The first kappa shape index (κ1) is 22.2. The van der Waals surface area contributed by atoms with Gasteiger partial charge in [-0.2, -0.15) is 5.26 Å². The van der Waals surface area contributed by atoms with E-state index in [-0.39, 0.29) is 0 Å². The number of aromatic nitrogens is 3. The molecule has 3 heterocycles. The van der Waals surface area contributed by atoms with Gasteiger partial charge in [0.15, 0.2) is 5.65 Å². The third-order valence-electron chi connectivity index (χ3n) is 6.79. The number of fused-ring (bicyclic) bond motifs is 1. The number of hydrogen-bond acceptors (Lipinski definition) is 6. The molecule has 1 unspecified atom stereocenters.